The van der Waals surface area contributed by atoms with E-state index in [0.29, 0.717) is 10.9 Å². The number of nitro groups is 1. The predicted molar refractivity (Wildman–Crippen MR) is 78.2 cm³/mol. The van der Waals surface area contributed by atoms with E-state index in [9.17, 15) is 14.9 Å². The van der Waals surface area contributed by atoms with Gasteiger partial charge in [0, 0.05) is 23.6 Å². The highest BCUT2D eigenvalue weighted by Crippen LogP contribution is 2.22. The predicted octanol–water partition coefficient (Wildman–Crippen LogP) is 2.56. The van der Waals surface area contributed by atoms with E-state index in [1.807, 2.05) is 24.1 Å². The molecule has 0 radical (unpaired) electrons. The highest BCUT2D eigenvalue weighted by molar-refractivity contribution is 7.16. The number of aromatic nitrogens is 1. The largest absolute Gasteiger partial charge is 0.295 e. The molecule has 0 amide bonds. The highest BCUT2D eigenvalue weighted by atomic mass is 35.5. The quantitative estimate of drug-likeness (QED) is 0.628. The second-order valence-corrected chi connectivity index (χ2v) is 6.11. The Morgan fingerprint density at radius 3 is 2.75 bits per heavy atom. The van der Waals surface area contributed by atoms with Crippen LogP contribution in [0.15, 0.2) is 35.3 Å². The fourth-order valence-electron chi connectivity index (χ4n) is 1.75. The second-order valence-electron chi connectivity index (χ2n) is 4.31. The van der Waals surface area contributed by atoms with Crippen molar-refractivity contribution in [2.75, 3.05) is 7.05 Å². The average Bonchev–Trinajstić information content (AvgIpc) is 2.77. The van der Waals surface area contributed by atoms with Gasteiger partial charge in [-0.25, -0.2) is 0 Å². The Balaban J connectivity index is 2.10. The lowest BCUT2D eigenvalue weighted by atomic mass is 10.4. The topological polar surface area (TPSA) is 68.4 Å². The van der Waals surface area contributed by atoms with Gasteiger partial charge in [0.05, 0.1) is 22.1 Å². The van der Waals surface area contributed by atoms with Crippen molar-refractivity contribution in [3.8, 4) is 0 Å². The minimum Gasteiger partial charge on any atom is -0.295 e. The minimum atomic E-state index is -0.519. The number of thiophene rings is 1. The molecule has 0 bridgehead atoms. The van der Waals surface area contributed by atoms with E-state index in [-0.39, 0.29) is 17.9 Å². The lowest BCUT2D eigenvalue weighted by molar-refractivity contribution is -0.385. The zero-order valence-electron chi connectivity index (χ0n) is 10.7. The van der Waals surface area contributed by atoms with Crippen molar-refractivity contribution in [3.05, 3.63) is 60.1 Å². The first kappa shape index (κ1) is 14.7. The van der Waals surface area contributed by atoms with E-state index in [1.54, 1.807) is 0 Å². The van der Waals surface area contributed by atoms with Crippen molar-refractivity contribution in [1.29, 1.82) is 0 Å². The molecule has 0 aromatic carbocycles. The third-order valence-electron chi connectivity index (χ3n) is 2.63. The van der Waals surface area contributed by atoms with E-state index in [1.165, 1.54) is 34.2 Å². The summed E-state index contributed by atoms with van der Waals surface area (Å²) in [6.45, 7) is 0.891. The summed E-state index contributed by atoms with van der Waals surface area (Å²) in [5.74, 6) is 0. The SMILES string of the molecule is CN(Cc1ccc(Cl)s1)Cn1cc([N+](=O)[O-])ccc1=O. The van der Waals surface area contributed by atoms with Gasteiger partial charge in [0.1, 0.15) is 0 Å². The molecule has 0 aliphatic heterocycles. The van der Waals surface area contributed by atoms with Crippen LogP contribution in [0.4, 0.5) is 5.69 Å². The highest BCUT2D eigenvalue weighted by Gasteiger charge is 2.10. The number of halogens is 1. The molecular weight excluding hydrogens is 302 g/mol. The molecule has 0 saturated carbocycles. The van der Waals surface area contributed by atoms with Crippen molar-refractivity contribution in [2.24, 2.45) is 0 Å². The molecular formula is C12H12ClN3O3S. The van der Waals surface area contributed by atoms with Crippen molar-refractivity contribution in [1.82, 2.24) is 9.47 Å². The van der Waals surface area contributed by atoms with Crippen LogP contribution in [-0.4, -0.2) is 21.4 Å². The molecule has 0 atom stereocenters. The standard InChI is InChI=1S/C12H12ClN3O3S/c1-14(7-10-3-4-11(13)20-10)8-15-6-9(16(18)19)2-5-12(15)17/h2-6H,7-8H2,1H3. The fourth-order valence-corrected chi connectivity index (χ4v) is 2.92. The van der Waals surface area contributed by atoms with Gasteiger partial charge in [-0.05, 0) is 19.2 Å². The molecule has 20 heavy (non-hydrogen) atoms. The van der Waals surface area contributed by atoms with Crippen LogP contribution >= 0.6 is 22.9 Å². The summed E-state index contributed by atoms with van der Waals surface area (Å²) in [4.78, 5) is 24.8. The van der Waals surface area contributed by atoms with Gasteiger partial charge in [-0.3, -0.25) is 24.4 Å². The van der Waals surface area contributed by atoms with E-state index >= 15 is 0 Å². The van der Waals surface area contributed by atoms with Crippen molar-refractivity contribution < 1.29 is 4.92 Å². The average molecular weight is 314 g/mol. The Morgan fingerprint density at radius 1 is 1.40 bits per heavy atom. The second kappa shape index (κ2) is 6.17. The first-order valence-electron chi connectivity index (χ1n) is 5.73. The fraction of sp³-hybridized carbons (Fsp3) is 0.250. The van der Waals surface area contributed by atoms with Crippen molar-refractivity contribution in [3.63, 3.8) is 0 Å². The number of pyridine rings is 1. The third-order valence-corrected chi connectivity index (χ3v) is 3.84. The molecule has 0 fully saturated rings. The lowest BCUT2D eigenvalue weighted by Crippen LogP contribution is -2.28. The molecule has 8 heteroatoms. The monoisotopic (exact) mass is 313 g/mol. The van der Waals surface area contributed by atoms with Crippen LogP contribution in [-0.2, 0) is 13.2 Å². The van der Waals surface area contributed by atoms with E-state index in [0.717, 1.165) is 4.88 Å². The van der Waals surface area contributed by atoms with E-state index in [4.69, 9.17) is 11.6 Å². The van der Waals surface area contributed by atoms with Crippen LogP contribution in [0, 0.1) is 10.1 Å². The number of hydrogen-bond donors (Lipinski definition) is 0. The minimum absolute atomic E-state index is 0.0998. The van der Waals surface area contributed by atoms with Gasteiger partial charge in [0.15, 0.2) is 0 Å². The molecule has 0 aliphatic carbocycles. The Labute approximate surface area is 124 Å². The van der Waals surface area contributed by atoms with Crippen LogP contribution in [0.1, 0.15) is 4.88 Å². The van der Waals surface area contributed by atoms with E-state index in [2.05, 4.69) is 0 Å². The summed E-state index contributed by atoms with van der Waals surface area (Å²) >= 11 is 7.32. The maximum atomic E-state index is 11.7. The molecule has 2 heterocycles. The van der Waals surface area contributed by atoms with E-state index < -0.39 is 4.92 Å². The normalized spacial score (nSPS) is 10.9. The van der Waals surface area contributed by atoms with Gasteiger partial charge < -0.3 is 0 Å². The van der Waals surface area contributed by atoms with Gasteiger partial charge in [0.2, 0.25) is 0 Å². The molecule has 106 valence electrons. The first-order chi connectivity index (χ1) is 9.45. The first-order valence-corrected chi connectivity index (χ1v) is 6.93. The number of nitrogens with zero attached hydrogens (tertiary/aromatic N) is 3. The van der Waals surface area contributed by atoms with Crippen LogP contribution in [0.5, 0.6) is 0 Å². The summed E-state index contributed by atoms with van der Waals surface area (Å²) < 4.78 is 2.02. The summed E-state index contributed by atoms with van der Waals surface area (Å²) in [6, 6.07) is 6.14. The number of rotatable bonds is 5. The molecule has 0 saturated heterocycles. The zero-order valence-corrected chi connectivity index (χ0v) is 12.2. The van der Waals surface area contributed by atoms with Crippen LogP contribution in [0.2, 0.25) is 4.34 Å². The molecule has 2 rings (SSSR count). The van der Waals surface area contributed by atoms with Gasteiger partial charge in [-0.2, -0.15) is 0 Å². The zero-order chi connectivity index (χ0) is 14.7. The molecule has 0 unspecified atom stereocenters. The van der Waals surface area contributed by atoms with Crippen molar-refractivity contribution >= 4 is 28.6 Å². The van der Waals surface area contributed by atoms with Gasteiger partial charge >= 0.3 is 0 Å². The molecule has 2 aromatic rings. The smallest absolute Gasteiger partial charge is 0.285 e. The van der Waals surface area contributed by atoms with Gasteiger partial charge in [0.25, 0.3) is 11.2 Å². The lowest BCUT2D eigenvalue weighted by Gasteiger charge is -2.16. The third kappa shape index (κ3) is 3.66. The Kier molecular flexibility index (Phi) is 4.53. The molecule has 6 nitrogen and oxygen atoms in total. The molecule has 0 spiro atoms. The van der Waals surface area contributed by atoms with Crippen LogP contribution in [0.25, 0.3) is 0 Å². The van der Waals surface area contributed by atoms with Gasteiger partial charge in [-0.1, -0.05) is 11.6 Å². The Morgan fingerprint density at radius 2 is 2.15 bits per heavy atom. The molecule has 0 aliphatic rings. The maximum Gasteiger partial charge on any atom is 0.285 e. The summed E-state index contributed by atoms with van der Waals surface area (Å²) in [7, 11) is 1.83. The van der Waals surface area contributed by atoms with Gasteiger partial charge in [-0.15, -0.1) is 11.3 Å². The van der Waals surface area contributed by atoms with Crippen molar-refractivity contribution in [2.45, 2.75) is 13.2 Å². The maximum absolute atomic E-state index is 11.7. The van der Waals surface area contributed by atoms with Crippen LogP contribution < -0.4 is 5.56 Å². The Bertz CT molecular complexity index is 683. The summed E-state index contributed by atoms with van der Waals surface area (Å²) in [5, 5.41) is 10.7. The van der Waals surface area contributed by atoms with Crippen LogP contribution in [0.3, 0.4) is 0 Å². The number of hydrogen-bond acceptors (Lipinski definition) is 5. The summed E-state index contributed by atoms with van der Waals surface area (Å²) in [5.41, 5.74) is -0.371. The Hall–Kier alpha value is -1.70. The molecule has 0 N–H and O–H groups in total. The molecule has 2 aromatic heterocycles. The summed E-state index contributed by atoms with van der Waals surface area (Å²) in [6.07, 6.45) is 1.25.